The molecule has 0 aliphatic carbocycles. The van der Waals surface area contributed by atoms with E-state index in [2.05, 4.69) is 25.9 Å². The third-order valence-electron chi connectivity index (χ3n) is 2.16. The molecule has 0 saturated heterocycles. The molecule has 0 amide bonds. The summed E-state index contributed by atoms with van der Waals surface area (Å²) >= 11 is 3.14. The molecule has 2 aromatic heterocycles. The lowest BCUT2D eigenvalue weighted by atomic mass is 10.1. The van der Waals surface area contributed by atoms with Gasteiger partial charge in [-0.3, -0.25) is 4.79 Å². The van der Waals surface area contributed by atoms with Gasteiger partial charge in [-0.05, 0) is 6.07 Å². The highest BCUT2D eigenvalue weighted by atomic mass is 79.9. The highest BCUT2D eigenvalue weighted by Crippen LogP contribution is 2.21. The van der Waals surface area contributed by atoms with Gasteiger partial charge in [0.25, 0.3) is 0 Å². The molecule has 0 aliphatic heterocycles. The van der Waals surface area contributed by atoms with Gasteiger partial charge in [-0.2, -0.15) is 0 Å². The number of ether oxygens (including phenoxy) is 1. The lowest BCUT2D eigenvalue weighted by Crippen LogP contribution is -1.98. The number of nitrogens with one attached hydrogen (secondary N) is 1. The van der Waals surface area contributed by atoms with Crippen molar-refractivity contribution >= 4 is 32.7 Å². The molecule has 2 aromatic rings. The predicted octanol–water partition coefficient (Wildman–Crippen LogP) is 2.15. The Bertz CT molecular complexity index is 507. The van der Waals surface area contributed by atoms with Crippen LogP contribution in [0, 0.1) is 0 Å². The number of pyridine rings is 1. The van der Waals surface area contributed by atoms with Crippen molar-refractivity contribution < 1.29 is 9.53 Å². The first kappa shape index (κ1) is 10.2. The number of Topliss-reactive ketones (excluding diaryl/α,β-unsaturated/α-hetero) is 1. The van der Waals surface area contributed by atoms with E-state index in [0.717, 1.165) is 5.39 Å². The molecule has 15 heavy (non-hydrogen) atoms. The molecule has 4 nitrogen and oxygen atoms in total. The fourth-order valence-electron chi connectivity index (χ4n) is 1.40. The number of halogens is 1. The van der Waals surface area contributed by atoms with Crippen LogP contribution in [0.4, 0.5) is 0 Å². The van der Waals surface area contributed by atoms with Crippen LogP contribution in [0.2, 0.25) is 0 Å². The molecule has 78 valence electrons. The largest absolute Gasteiger partial charge is 0.495 e. The summed E-state index contributed by atoms with van der Waals surface area (Å²) in [6.07, 6.45) is 3.28. The number of fused-ring (bicyclic) bond motifs is 1. The Morgan fingerprint density at radius 3 is 3.13 bits per heavy atom. The normalized spacial score (nSPS) is 10.5. The fourth-order valence-corrected chi connectivity index (χ4v) is 1.70. The summed E-state index contributed by atoms with van der Waals surface area (Å²) < 4.78 is 5.06. The van der Waals surface area contributed by atoms with Gasteiger partial charge in [-0.25, -0.2) is 4.98 Å². The standard InChI is InChI=1S/C10H9BrN2O2/c1-15-6-2-7-8(9(14)3-11)5-13-10(7)12-4-6/h2,4-5H,3H2,1H3,(H,12,13). The van der Waals surface area contributed by atoms with Gasteiger partial charge in [0.15, 0.2) is 5.78 Å². The Morgan fingerprint density at radius 1 is 1.67 bits per heavy atom. The van der Waals surface area contributed by atoms with E-state index in [-0.39, 0.29) is 5.78 Å². The maximum atomic E-state index is 11.6. The van der Waals surface area contributed by atoms with Crippen molar-refractivity contribution in [3.63, 3.8) is 0 Å². The second-order valence-corrected chi connectivity index (χ2v) is 3.59. The zero-order valence-electron chi connectivity index (χ0n) is 8.08. The number of aromatic amines is 1. The van der Waals surface area contributed by atoms with Crippen LogP contribution in [-0.4, -0.2) is 28.2 Å². The first-order valence-electron chi connectivity index (χ1n) is 4.36. The predicted molar refractivity (Wildman–Crippen MR) is 60.8 cm³/mol. The SMILES string of the molecule is COc1cnc2[nH]cc(C(=O)CBr)c2c1. The summed E-state index contributed by atoms with van der Waals surface area (Å²) in [5.41, 5.74) is 1.33. The van der Waals surface area contributed by atoms with Gasteiger partial charge >= 0.3 is 0 Å². The van der Waals surface area contributed by atoms with E-state index in [4.69, 9.17) is 4.74 Å². The maximum absolute atomic E-state index is 11.6. The van der Waals surface area contributed by atoms with Gasteiger partial charge in [-0.15, -0.1) is 0 Å². The number of carbonyl (C=O) groups excluding carboxylic acids is 1. The Labute approximate surface area is 94.8 Å². The lowest BCUT2D eigenvalue weighted by Gasteiger charge is -1.99. The third kappa shape index (κ3) is 1.74. The zero-order valence-corrected chi connectivity index (χ0v) is 9.67. The molecule has 0 fully saturated rings. The smallest absolute Gasteiger partial charge is 0.175 e. The van der Waals surface area contributed by atoms with Gasteiger partial charge in [-0.1, -0.05) is 15.9 Å². The Kier molecular flexibility index (Phi) is 2.73. The second-order valence-electron chi connectivity index (χ2n) is 3.03. The number of nitrogens with zero attached hydrogens (tertiary/aromatic N) is 1. The molecule has 0 saturated carbocycles. The minimum absolute atomic E-state index is 0.0244. The number of carbonyl (C=O) groups is 1. The summed E-state index contributed by atoms with van der Waals surface area (Å²) in [6.45, 7) is 0. The van der Waals surface area contributed by atoms with Crippen LogP contribution >= 0.6 is 15.9 Å². The summed E-state index contributed by atoms with van der Waals surface area (Å²) in [5, 5.41) is 1.09. The van der Waals surface area contributed by atoms with E-state index in [1.54, 1.807) is 25.6 Å². The van der Waals surface area contributed by atoms with Gasteiger partial charge in [0.1, 0.15) is 11.4 Å². The number of H-pyrrole nitrogens is 1. The van der Waals surface area contributed by atoms with E-state index < -0.39 is 0 Å². The number of ketones is 1. The van der Waals surface area contributed by atoms with Crippen molar-refractivity contribution in [3.8, 4) is 5.75 Å². The van der Waals surface area contributed by atoms with E-state index in [9.17, 15) is 4.79 Å². The molecule has 0 aliphatic rings. The summed E-state index contributed by atoms with van der Waals surface area (Å²) in [6, 6.07) is 1.80. The number of aromatic nitrogens is 2. The van der Waals surface area contributed by atoms with E-state index >= 15 is 0 Å². The molecule has 5 heteroatoms. The quantitative estimate of drug-likeness (QED) is 0.686. The molecule has 2 heterocycles. The van der Waals surface area contributed by atoms with Gasteiger partial charge in [0.05, 0.1) is 18.6 Å². The molecule has 0 spiro atoms. The number of hydrogen-bond donors (Lipinski definition) is 1. The average molecular weight is 269 g/mol. The van der Waals surface area contributed by atoms with E-state index in [1.165, 1.54) is 0 Å². The van der Waals surface area contributed by atoms with Crippen molar-refractivity contribution in [2.24, 2.45) is 0 Å². The van der Waals surface area contributed by atoms with Crippen LogP contribution in [0.5, 0.6) is 5.75 Å². The monoisotopic (exact) mass is 268 g/mol. The van der Waals surface area contributed by atoms with Crippen molar-refractivity contribution in [3.05, 3.63) is 24.0 Å². The van der Waals surface area contributed by atoms with Crippen LogP contribution in [-0.2, 0) is 0 Å². The molecular weight excluding hydrogens is 260 g/mol. The van der Waals surface area contributed by atoms with Gasteiger partial charge in [0.2, 0.25) is 0 Å². The highest BCUT2D eigenvalue weighted by Gasteiger charge is 2.11. The van der Waals surface area contributed by atoms with Crippen molar-refractivity contribution in [2.45, 2.75) is 0 Å². The van der Waals surface area contributed by atoms with Crippen LogP contribution in [0.3, 0.4) is 0 Å². The van der Waals surface area contributed by atoms with Crippen molar-refractivity contribution in [1.29, 1.82) is 0 Å². The van der Waals surface area contributed by atoms with Crippen LogP contribution in [0.25, 0.3) is 11.0 Å². The average Bonchev–Trinajstić information content (AvgIpc) is 2.70. The molecule has 0 atom stereocenters. The molecule has 2 rings (SSSR count). The van der Waals surface area contributed by atoms with E-state index in [0.29, 0.717) is 22.3 Å². The first-order chi connectivity index (χ1) is 7.26. The number of hydrogen-bond acceptors (Lipinski definition) is 3. The van der Waals surface area contributed by atoms with Gasteiger partial charge in [0, 0.05) is 17.1 Å². The highest BCUT2D eigenvalue weighted by molar-refractivity contribution is 9.09. The zero-order chi connectivity index (χ0) is 10.8. The van der Waals surface area contributed by atoms with E-state index in [1.807, 2.05) is 0 Å². The number of rotatable bonds is 3. The molecule has 1 N–H and O–H groups in total. The number of alkyl halides is 1. The Hall–Kier alpha value is -1.36. The molecule has 0 bridgehead atoms. The minimum Gasteiger partial charge on any atom is -0.495 e. The molecule has 0 aromatic carbocycles. The van der Waals surface area contributed by atoms with Crippen LogP contribution < -0.4 is 4.74 Å². The molecule has 0 unspecified atom stereocenters. The number of methoxy groups -OCH3 is 1. The summed E-state index contributed by atoms with van der Waals surface area (Å²) in [7, 11) is 1.57. The van der Waals surface area contributed by atoms with Crippen molar-refractivity contribution in [2.75, 3.05) is 12.4 Å². The maximum Gasteiger partial charge on any atom is 0.175 e. The molecule has 0 radical (unpaired) electrons. The summed E-state index contributed by atoms with van der Waals surface area (Å²) in [5.74, 6) is 0.669. The van der Waals surface area contributed by atoms with Crippen molar-refractivity contribution in [1.82, 2.24) is 9.97 Å². The van der Waals surface area contributed by atoms with Gasteiger partial charge < -0.3 is 9.72 Å². The van der Waals surface area contributed by atoms with Crippen LogP contribution in [0.1, 0.15) is 10.4 Å². The minimum atomic E-state index is 0.0244. The lowest BCUT2D eigenvalue weighted by molar-refractivity contribution is 0.102. The Balaban J connectivity index is 2.61. The van der Waals surface area contributed by atoms with Crippen LogP contribution in [0.15, 0.2) is 18.5 Å². The summed E-state index contributed by atoms with van der Waals surface area (Å²) in [4.78, 5) is 18.6. The molecular formula is C10H9BrN2O2. The third-order valence-corrected chi connectivity index (χ3v) is 2.67. The topological polar surface area (TPSA) is 55.0 Å². The first-order valence-corrected chi connectivity index (χ1v) is 5.48. The second kappa shape index (κ2) is 4.02. The Morgan fingerprint density at radius 2 is 2.47 bits per heavy atom. The fraction of sp³-hybridized carbons (Fsp3) is 0.200.